The van der Waals surface area contributed by atoms with Crippen LogP contribution in [0.5, 0.6) is 0 Å². The summed E-state index contributed by atoms with van der Waals surface area (Å²) in [5.74, 6) is 0. The second kappa shape index (κ2) is 226. The van der Waals surface area contributed by atoms with Crippen molar-refractivity contribution in [3.63, 3.8) is 0 Å². The summed E-state index contributed by atoms with van der Waals surface area (Å²) >= 11 is 0. The summed E-state index contributed by atoms with van der Waals surface area (Å²) in [6.45, 7) is 0. The molecule has 0 aromatic heterocycles. The van der Waals surface area contributed by atoms with E-state index in [4.69, 9.17) is 0 Å². The SMILES string of the molecule is [Al+3].[Al+3].[B].[B].[O-2].[O-2].[O-2]. The third kappa shape index (κ3) is 158. The Hall–Kier alpha value is 1.07. The van der Waals surface area contributed by atoms with Crippen molar-refractivity contribution >= 4 is 51.5 Å². The minimum absolute atomic E-state index is 0. The predicted octanol–water partition coefficient (Wildman–Crippen LogP) is -1.88. The Morgan fingerprint density at radius 3 is 0.429 bits per heavy atom. The molecule has 0 aliphatic heterocycles. The van der Waals surface area contributed by atoms with Crippen molar-refractivity contribution in [3.8, 4) is 0 Å². The molecule has 0 aliphatic rings. The van der Waals surface area contributed by atoms with E-state index < -0.39 is 0 Å². The maximum absolute atomic E-state index is 0. The van der Waals surface area contributed by atoms with E-state index in [9.17, 15) is 0 Å². The number of hydrogen-bond acceptors (Lipinski definition) is 0. The van der Waals surface area contributed by atoms with Crippen LogP contribution in [0.25, 0.3) is 0 Å². The largest absolute Gasteiger partial charge is 3.00 e. The molecule has 0 heterocycles. The second-order valence-electron chi connectivity index (χ2n) is 0. The fourth-order valence-electron chi connectivity index (χ4n) is 0. The van der Waals surface area contributed by atoms with Crippen molar-refractivity contribution < 1.29 is 16.4 Å². The van der Waals surface area contributed by atoms with E-state index >= 15 is 0 Å². The first kappa shape index (κ1) is 350. The van der Waals surface area contributed by atoms with Gasteiger partial charge in [-0.05, 0) is 0 Å². The van der Waals surface area contributed by atoms with Gasteiger partial charge in [0.25, 0.3) is 0 Å². The summed E-state index contributed by atoms with van der Waals surface area (Å²) < 4.78 is 0. The molecule has 0 rings (SSSR count). The fraction of sp³-hybridized carbons (Fsp3) is 0. The van der Waals surface area contributed by atoms with Gasteiger partial charge in [0.2, 0.25) is 0 Å². The van der Waals surface area contributed by atoms with Gasteiger partial charge in [-0.25, -0.2) is 0 Å². The molecular weight excluding hydrogens is 124 g/mol. The van der Waals surface area contributed by atoms with Crippen LogP contribution < -0.4 is 0 Å². The summed E-state index contributed by atoms with van der Waals surface area (Å²) in [5, 5.41) is 0. The van der Waals surface area contributed by atoms with Gasteiger partial charge in [-0.3, -0.25) is 0 Å². The average molecular weight is 124 g/mol. The van der Waals surface area contributed by atoms with E-state index in [2.05, 4.69) is 0 Å². The molecule has 0 saturated heterocycles. The van der Waals surface area contributed by atoms with Gasteiger partial charge in [-0.15, -0.1) is 0 Å². The maximum atomic E-state index is 0. The third-order valence-corrected chi connectivity index (χ3v) is 0. The molecular formula is Al2B2O3. The first-order valence-electron chi connectivity index (χ1n) is 0. The molecule has 7 heteroatoms. The number of rotatable bonds is 0. The van der Waals surface area contributed by atoms with Crippen LogP contribution in [-0.4, -0.2) is 51.5 Å². The molecule has 3 nitrogen and oxygen atoms in total. The molecule has 6 radical (unpaired) electrons. The Bertz CT molecular complexity index is 10.9. The molecule has 30 valence electrons. The first-order valence-corrected chi connectivity index (χ1v) is 0. The molecule has 0 aliphatic carbocycles. The first-order chi connectivity index (χ1) is 0. The summed E-state index contributed by atoms with van der Waals surface area (Å²) in [7, 11) is 0. The minimum Gasteiger partial charge on any atom is -2.00 e. The normalized spacial score (nSPS) is 0. The van der Waals surface area contributed by atoms with Crippen molar-refractivity contribution in [1.29, 1.82) is 0 Å². The molecule has 0 aromatic rings. The van der Waals surface area contributed by atoms with Gasteiger partial charge in [-0.2, -0.15) is 0 Å². The summed E-state index contributed by atoms with van der Waals surface area (Å²) in [4.78, 5) is 0. The molecule has 0 bridgehead atoms. The van der Waals surface area contributed by atoms with Crippen molar-refractivity contribution in [2.45, 2.75) is 0 Å². The van der Waals surface area contributed by atoms with Crippen LogP contribution in [0.3, 0.4) is 0 Å². The maximum Gasteiger partial charge on any atom is 3.00 e. The van der Waals surface area contributed by atoms with E-state index in [-0.39, 0.29) is 68.0 Å². The van der Waals surface area contributed by atoms with Crippen molar-refractivity contribution in [2.24, 2.45) is 0 Å². The fourth-order valence-corrected chi connectivity index (χ4v) is 0. The Morgan fingerprint density at radius 1 is 0.429 bits per heavy atom. The van der Waals surface area contributed by atoms with E-state index in [0.717, 1.165) is 0 Å². The zero-order valence-electron chi connectivity index (χ0n) is 3.53. The van der Waals surface area contributed by atoms with E-state index in [1.807, 2.05) is 0 Å². The molecule has 0 unspecified atom stereocenters. The summed E-state index contributed by atoms with van der Waals surface area (Å²) in [6.07, 6.45) is 0. The van der Waals surface area contributed by atoms with Gasteiger partial charge in [-0.1, -0.05) is 0 Å². The molecule has 0 fully saturated rings. The zero-order valence-corrected chi connectivity index (χ0v) is 5.84. The van der Waals surface area contributed by atoms with Crippen LogP contribution in [0, 0.1) is 0 Å². The Kier molecular flexibility index (Phi) is 11300. The van der Waals surface area contributed by atoms with Crippen LogP contribution in [0.2, 0.25) is 0 Å². The molecule has 0 spiro atoms. The van der Waals surface area contributed by atoms with Gasteiger partial charge in [0.05, 0.1) is 0 Å². The van der Waals surface area contributed by atoms with Crippen LogP contribution in [-0.2, 0) is 16.4 Å². The Morgan fingerprint density at radius 2 is 0.429 bits per heavy atom. The quantitative estimate of drug-likeness (QED) is 0.338. The monoisotopic (exact) mass is 124 g/mol. The molecule has 7 heavy (non-hydrogen) atoms. The van der Waals surface area contributed by atoms with Crippen LogP contribution >= 0.6 is 0 Å². The molecule has 0 aromatic carbocycles. The standard InChI is InChI=1S/2Al.2B.3O/q2*+3;;;3*-2. The van der Waals surface area contributed by atoms with E-state index in [1.54, 1.807) is 0 Å². The molecule has 0 N–H and O–H groups in total. The van der Waals surface area contributed by atoms with E-state index in [1.165, 1.54) is 0 Å². The van der Waals surface area contributed by atoms with Crippen molar-refractivity contribution in [2.75, 3.05) is 0 Å². The van der Waals surface area contributed by atoms with Crippen LogP contribution in [0.1, 0.15) is 0 Å². The minimum atomic E-state index is 0. The van der Waals surface area contributed by atoms with Gasteiger partial charge >= 0.3 is 34.7 Å². The zero-order chi connectivity index (χ0) is 0. The molecule has 0 amide bonds. The Balaban J connectivity index is 0. The topological polar surface area (TPSA) is 85.5 Å². The second-order valence-corrected chi connectivity index (χ2v) is 0. The summed E-state index contributed by atoms with van der Waals surface area (Å²) in [5.41, 5.74) is 0. The van der Waals surface area contributed by atoms with E-state index in [0.29, 0.717) is 0 Å². The Labute approximate surface area is 68.2 Å². The average Bonchev–Trinajstić information content (AvgIpc) is 0. The van der Waals surface area contributed by atoms with Crippen LogP contribution in [0.4, 0.5) is 0 Å². The third-order valence-electron chi connectivity index (χ3n) is 0. The summed E-state index contributed by atoms with van der Waals surface area (Å²) in [6, 6.07) is 0. The van der Waals surface area contributed by atoms with Crippen molar-refractivity contribution in [1.82, 2.24) is 0 Å². The van der Waals surface area contributed by atoms with Crippen molar-refractivity contribution in [3.05, 3.63) is 0 Å². The van der Waals surface area contributed by atoms with Crippen LogP contribution in [0.15, 0.2) is 0 Å². The smallest absolute Gasteiger partial charge is 2.00 e. The van der Waals surface area contributed by atoms with Gasteiger partial charge < -0.3 is 16.4 Å². The van der Waals surface area contributed by atoms with Gasteiger partial charge in [0, 0.05) is 16.8 Å². The van der Waals surface area contributed by atoms with Gasteiger partial charge in [0.1, 0.15) is 0 Å². The number of hydrogen-bond donors (Lipinski definition) is 0. The molecule has 0 atom stereocenters. The molecule has 0 saturated carbocycles. The predicted molar refractivity (Wildman–Crippen MR) is 25.1 cm³/mol. The van der Waals surface area contributed by atoms with Gasteiger partial charge in [0.15, 0.2) is 0 Å².